The molecule has 1 N–H and O–H groups in total. The molecule has 1 heterocycles. The smallest absolute Gasteiger partial charge is 0.122 e. The summed E-state index contributed by atoms with van der Waals surface area (Å²) in [6, 6.07) is 6.51. The van der Waals surface area contributed by atoms with Crippen molar-refractivity contribution in [3.63, 3.8) is 0 Å². The molecule has 18 heavy (non-hydrogen) atoms. The Hall–Kier alpha value is -1.02. The predicted molar refractivity (Wildman–Crippen MR) is 74.0 cm³/mol. The van der Waals surface area contributed by atoms with Crippen molar-refractivity contribution in [2.24, 2.45) is 11.8 Å². The van der Waals surface area contributed by atoms with E-state index in [-0.39, 0.29) is 0 Å². The highest BCUT2D eigenvalue weighted by Gasteiger charge is 2.39. The standard InChI is InChI=1S/C16H23NO/c1-11-3-6-15(12(2)9-11)18-16(13-4-5-13)14-7-8-17-10-14/h3,6,9,13-14,16-17H,4-5,7-8,10H2,1-2H3/t14-,16-/m1/s1. The maximum atomic E-state index is 6.37. The Morgan fingerprint density at radius 3 is 2.61 bits per heavy atom. The van der Waals surface area contributed by atoms with Crippen molar-refractivity contribution in [2.75, 3.05) is 13.1 Å². The molecule has 2 aliphatic rings. The van der Waals surface area contributed by atoms with Crippen molar-refractivity contribution in [1.29, 1.82) is 0 Å². The molecular weight excluding hydrogens is 222 g/mol. The minimum Gasteiger partial charge on any atom is -0.490 e. The molecular formula is C16H23NO. The molecule has 1 aliphatic heterocycles. The van der Waals surface area contributed by atoms with Gasteiger partial charge in [-0.3, -0.25) is 0 Å². The number of aryl methyl sites for hydroxylation is 2. The van der Waals surface area contributed by atoms with E-state index in [0.29, 0.717) is 12.0 Å². The van der Waals surface area contributed by atoms with Crippen LogP contribution in [0.2, 0.25) is 0 Å². The SMILES string of the molecule is Cc1ccc(O[C@H](C2CC2)[C@@H]2CCNC2)c(C)c1. The lowest BCUT2D eigenvalue weighted by Gasteiger charge is -2.25. The number of nitrogens with one attached hydrogen (secondary N) is 1. The summed E-state index contributed by atoms with van der Waals surface area (Å²) in [5.41, 5.74) is 2.58. The molecule has 0 spiro atoms. The molecule has 1 aromatic rings. The van der Waals surface area contributed by atoms with Crippen LogP contribution in [0.1, 0.15) is 30.4 Å². The van der Waals surface area contributed by atoms with Crippen LogP contribution in [0, 0.1) is 25.7 Å². The Balaban J connectivity index is 1.75. The van der Waals surface area contributed by atoms with Crippen LogP contribution < -0.4 is 10.1 Å². The monoisotopic (exact) mass is 245 g/mol. The molecule has 1 aromatic carbocycles. The van der Waals surface area contributed by atoms with Crippen LogP contribution in [-0.4, -0.2) is 19.2 Å². The van der Waals surface area contributed by atoms with Gasteiger partial charge < -0.3 is 10.1 Å². The van der Waals surface area contributed by atoms with Crippen LogP contribution >= 0.6 is 0 Å². The summed E-state index contributed by atoms with van der Waals surface area (Å²) in [6.45, 7) is 6.57. The molecule has 0 aromatic heterocycles. The molecule has 98 valence electrons. The molecule has 0 bridgehead atoms. The Morgan fingerprint density at radius 2 is 2.00 bits per heavy atom. The van der Waals surface area contributed by atoms with Gasteiger partial charge in [0.25, 0.3) is 0 Å². The van der Waals surface area contributed by atoms with Crippen LogP contribution in [0.15, 0.2) is 18.2 Å². The molecule has 2 fully saturated rings. The molecule has 2 atom stereocenters. The highest BCUT2D eigenvalue weighted by Crippen LogP contribution is 2.40. The van der Waals surface area contributed by atoms with Gasteiger partial charge in [0.1, 0.15) is 11.9 Å². The minimum atomic E-state index is 0.432. The van der Waals surface area contributed by atoms with Gasteiger partial charge in [0.05, 0.1) is 0 Å². The highest BCUT2D eigenvalue weighted by molar-refractivity contribution is 5.36. The summed E-state index contributed by atoms with van der Waals surface area (Å²) in [6.07, 6.45) is 4.41. The Kier molecular flexibility index (Phi) is 3.29. The summed E-state index contributed by atoms with van der Waals surface area (Å²) in [5, 5.41) is 3.46. The minimum absolute atomic E-state index is 0.432. The van der Waals surface area contributed by atoms with Crippen molar-refractivity contribution < 1.29 is 4.74 Å². The van der Waals surface area contributed by atoms with Crippen molar-refractivity contribution in [2.45, 2.75) is 39.2 Å². The van der Waals surface area contributed by atoms with Gasteiger partial charge in [-0.1, -0.05) is 17.7 Å². The second kappa shape index (κ2) is 4.93. The third-order valence-electron chi connectivity index (χ3n) is 4.24. The number of hydrogen-bond donors (Lipinski definition) is 1. The first kappa shape index (κ1) is 12.0. The Morgan fingerprint density at radius 1 is 1.17 bits per heavy atom. The maximum Gasteiger partial charge on any atom is 0.122 e. The zero-order chi connectivity index (χ0) is 12.5. The zero-order valence-electron chi connectivity index (χ0n) is 11.4. The van der Waals surface area contributed by atoms with Crippen LogP contribution in [0.5, 0.6) is 5.75 Å². The van der Waals surface area contributed by atoms with Crippen LogP contribution in [0.25, 0.3) is 0 Å². The number of rotatable bonds is 4. The van der Waals surface area contributed by atoms with Gasteiger partial charge in [-0.05, 0) is 57.2 Å². The van der Waals surface area contributed by atoms with Gasteiger partial charge in [0, 0.05) is 12.5 Å². The number of benzene rings is 1. The molecule has 0 radical (unpaired) electrons. The summed E-state index contributed by atoms with van der Waals surface area (Å²) in [7, 11) is 0. The van der Waals surface area contributed by atoms with E-state index in [4.69, 9.17) is 4.74 Å². The molecule has 1 aliphatic carbocycles. The Bertz CT molecular complexity index is 419. The van der Waals surface area contributed by atoms with Crippen molar-refractivity contribution in [3.8, 4) is 5.75 Å². The lowest BCUT2D eigenvalue weighted by atomic mass is 9.97. The highest BCUT2D eigenvalue weighted by atomic mass is 16.5. The van der Waals surface area contributed by atoms with Gasteiger partial charge in [0.15, 0.2) is 0 Å². The van der Waals surface area contributed by atoms with Gasteiger partial charge in [-0.2, -0.15) is 0 Å². The van der Waals surface area contributed by atoms with Crippen molar-refractivity contribution in [3.05, 3.63) is 29.3 Å². The van der Waals surface area contributed by atoms with Gasteiger partial charge in [-0.15, -0.1) is 0 Å². The number of ether oxygens (including phenoxy) is 1. The third kappa shape index (κ3) is 2.54. The number of hydrogen-bond acceptors (Lipinski definition) is 2. The zero-order valence-corrected chi connectivity index (χ0v) is 11.4. The van der Waals surface area contributed by atoms with E-state index in [1.807, 2.05) is 0 Å². The maximum absolute atomic E-state index is 6.37. The second-order valence-electron chi connectivity index (χ2n) is 5.94. The van der Waals surface area contributed by atoms with E-state index in [1.165, 1.54) is 30.4 Å². The molecule has 1 saturated heterocycles. The first-order valence-corrected chi connectivity index (χ1v) is 7.18. The third-order valence-corrected chi connectivity index (χ3v) is 4.24. The van der Waals surface area contributed by atoms with E-state index in [2.05, 4.69) is 37.4 Å². The van der Waals surface area contributed by atoms with Crippen molar-refractivity contribution in [1.82, 2.24) is 5.32 Å². The largest absolute Gasteiger partial charge is 0.490 e. The van der Waals surface area contributed by atoms with Crippen LogP contribution in [-0.2, 0) is 0 Å². The molecule has 0 amide bonds. The molecule has 0 unspecified atom stereocenters. The van der Waals surface area contributed by atoms with E-state index >= 15 is 0 Å². The van der Waals surface area contributed by atoms with Crippen LogP contribution in [0.4, 0.5) is 0 Å². The van der Waals surface area contributed by atoms with Gasteiger partial charge in [0.2, 0.25) is 0 Å². The first-order valence-electron chi connectivity index (χ1n) is 7.18. The first-order chi connectivity index (χ1) is 8.74. The van der Waals surface area contributed by atoms with Crippen LogP contribution in [0.3, 0.4) is 0 Å². The van der Waals surface area contributed by atoms with Gasteiger partial charge >= 0.3 is 0 Å². The predicted octanol–water partition coefficient (Wildman–Crippen LogP) is 3.07. The summed E-state index contributed by atoms with van der Waals surface area (Å²) >= 11 is 0. The summed E-state index contributed by atoms with van der Waals surface area (Å²) < 4.78 is 6.37. The summed E-state index contributed by atoms with van der Waals surface area (Å²) in [5.74, 6) is 2.60. The van der Waals surface area contributed by atoms with Gasteiger partial charge in [-0.25, -0.2) is 0 Å². The normalized spacial score (nSPS) is 25.1. The molecule has 2 nitrogen and oxygen atoms in total. The lowest BCUT2D eigenvalue weighted by molar-refractivity contribution is 0.120. The average molecular weight is 245 g/mol. The van der Waals surface area contributed by atoms with E-state index in [9.17, 15) is 0 Å². The fraction of sp³-hybridized carbons (Fsp3) is 0.625. The average Bonchev–Trinajstić information content (AvgIpc) is 3.03. The second-order valence-corrected chi connectivity index (χ2v) is 5.94. The molecule has 2 heteroatoms. The van der Waals surface area contributed by atoms with E-state index in [1.54, 1.807) is 0 Å². The lowest BCUT2D eigenvalue weighted by Crippen LogP contribution is -2.31. The Labute approximate surface area is 110 Å². The molecule has 1 saturated carbocycles. The van der Waals surface area contributed by atoms with E-state index in [0.717, 1.165) is 24.8 Å². The molecule has 3 rings (SSSR count). The van der Waals surface area contributed by atoms with Crippen molar-refractivity contribution >= 4 is 0 Å². The van der Waals surface area contributed by atoms with E-state index < -0.39 is 0 Å². The fourth-order valence-electron chi connectivity index (χ4n) is 3.04. The summed E-state index contributed by atoms with van der Waals surface area (Å²) in [4.78, 5) is 0. The quantitative estimate of drug-likeness (QED) is 0.880. The topological polar surface area (TPSA) is 21.3 Å². The fourth-order valence-corrected chi connectivity index (χ4v) is 3.04.